The minimum absolute atomic E-state index is 0.184. The van der Waals surface area contributed by atoms with Gasteiger partial charge in [-0.15, -0.1) is 0 Å². The van der Waals surface area contributed by atoms with E-state index < -0.39 is 0 Å². The second-order valence-corrected chi connectivity index (χ2v) is 10.4. The third kappa shape index (κ3) is 4.95. The van der Waals surface area contributed by atoms with E-state index in [2.05, 4.69) is 61.2 Å². The van der Waals surface area contributed by atoms with Crippen LogP contribution in [0.5, 0.6) is 0 Å². The lowest BCUT2D eigenvalue weighted by Gasteiger charge is -2.34. The molecule has 5 rings (SSSR count). The van der Waals surface area contributed by atoms with Gasteiger partial charge in [0.15, 0.2) is 0 Å². The van der Waals surface area contributed by atoms with E-state index in [0.717, 1.165) is 50.0 Å². The van der Waals surface area contributed by atoms with Crippen molar-refractivity contribution in [1.82, 2.24) is 4.90 Å². The van der Waals surface area contributed by atoms with Gasteiger partial charge in [-0.1, -0.05) is 48.5 Å². The summed E-state index contributed by atoms with van der Waals surface area (Å²) in [5.74, 6) is -0.184. The lowest BCUT2D eigenvalue weighted by atomic mass is 9.83. The van der Waals surface area contributed by atoms with Crippen LogP contribution < -0.4 is 0 Å². The SMILES string of the molecule is Cc1cc(C2=C(c3ccc(F)cc3C)CCCc3ccccc32)c(C)cc1C=C1CN(CCCF)C1. The molecule has 0 saturated carbocycles. The van der Waals surface area contributed by atoms with Crippen LogP contribution >= 0.6 is 0 Å². The molecule has 1 aliphatic heterocycles. The topological polar surface area (TPSA) is 3.24 Å². The molecule has 1 fully saturated rings. The number of benzene rings is 3. The number of fused-ring (bicyclic) bond motifs is 1. The van der Waals surface area contributed by atoms with Gasteiger partial charge >= 0.3 is 0 Å². The smallest absolute Gasteiger partial charge is 0.123 e. The summed E-state index contributed by atoms with van der Waals surface area (Å²) in [6.07, 6.45) is 6.03. The Labute approximate surface area is 214 Å². The molecule has 0 aromatic heterocycles. The molecule has 0 bridgehead atoms. The zero-order valence-corrected chi connectivity index (χ0v) is 21.6. The highest BCUT2D eigenvalue weighted by Crippen LogP contribution is 2.42. The molecular weight excluding hydrogens is 448 g/mol. The number of alkyl halides is 1. The Morgan fingerprint density at radius 3 is 2.39 bits per heavy atom. The average molecular weight is 484 g/mol. The van der Waals surface area contributed by atoms with E-state index >= 15 is 0 Å². The average Bonchev–Trinajstić information content (AvgIpc) is 3.02. The van der Waals surface area contributed by atoms with Crippen LogP contribution in [0.4, 0.5) is 8.78 Å². The second kappa shape index (κ2) is 10.5. The van der Waals surface area contributed by atoms with Gasteiger partial charge in [0.25, 0.3) is 0 Å². The maximum absolute atomic E-state index is 14.0. The van der Waals surface area contributed by atoms with E-state index in [1.807, 2.05) is 13.0 Å². The molecule has 0 spiro atoms. The maximum Gasteiger partial charge on any atom is 0.123 e. The third-order valence-corrected chi connectivity index (χ3v) is 7.68. The Hall–Kier alpha value is -3.04. The number of hydrogen-bond donors (Lipinski definition) is 0. The number of hydrogen-bond acceptors (Lipinski definition) is 1. The number of halogens is 2. The molecule has 1 aliphatic carbocycles. The van der Waals surface area contributed by atoms with Gasteiger partial charge in [0.2, 0.25) is 0 Å². The highest BCUT2D eigenvalue weighted by molar-refractivity contribution is 6.01. The Morgan fingerprint density at radius 1 is 0.833 bits per heavy atom. The number of nitrogens with zero attached hydrogens (tertiary/aromatic N) is 1. The van der Waals surface area contributed by atoms with Crippen LogP contribution in [0.1, 0.15) is 63.8 Å². The van der Waals surface area contributed by atoms with Crippen LogP contribution in [0.25, 0.3) is 17.2 Å². The van der Waals surface area contributed by atoms with Crippen LogP contribution in [0, 0.1) is 26.6 Å². The molecule has 1 nitrogen and oxygen atoms in total. The first kappa shape index (κ1) is 24.6. The molecule has 1 heterocycles. The molecule has 3 aromatic rings. The second-order valence-electron chi connectivity index (χ2n) is 10.4. The Morgan fingerprint density at radius 2 is 1.61 bits per heavy atom. The Bertz CT molecular complexity index is 1340. The van der Waals surface area contributed by atoms with E-state index in [1.54, 1.807) is 12.1 Å². The monoisotopic (exact) mass is 483 g/mol. The van der Waals surface area contributed by atoms with Crippen LogP contribution in [0.3, 0.4) is 0 Å². The Balaban J connectivity index is 1.60. The summed E-state index contributed by atoms with van der Waals surface area (Å²) in [6, 6.07) is 18.6. The molecular formula is C33H35F2N. The number of aryl methyl sites for hydroxylation is 4. The van der Waals surface area contributed by atoms with Gasteiger partial charge < -0.3 is 0 Å². The minimum Gasteiger partial charge on any atom is -0.295 e. The first-order valence-corrected chi connectivity index (χ1v) is 13.1. The van der Waals surface area contributed by atoms with Crippen molar-refractivity contribution in [1.29, 1.82) is 0 Å². The van der Waals surface area contributed by atoms with Crippen molar-refractivity contribution in [2.75, 3.05) is 26.3 Å². The first-order valence-electron chi connectivity index (χ1n) is 13.1. The third-order valence-electron chi connectivity index (χ3n) is 7.68. The molecule has 2 aliphatic rings. The van der Waals surface area contributed by atoms with Gasteiger partial charge in [-0.25, -0.2) is 4.39 Å². The highest BCUT2D eigenvalue weighted by Gasteiger charge is 2.23. The van der Waals surface area contributed by atoms with Crippen LogP contribution in [-0.2, 0) is 6.42 Å². The summed E-state index contributed by atoms with van der Waals surface area (Å²) < 4.78 is 26.5. The summed E-state index contributed by atoms with van der Waals surface area (Å²) in [5.41, 5.74) is 13.9. The fourth-order valence-electron chi connectivity index (χ4n) is 5.81. The molecule has 36 heavy (non-hydrogen) atoms. The fourth-order valence-corrected chi connectivity index (χ4v) is 5.81. The summed E-state index contributed by atoms with van der Waals surface area (Å²) in [6.45, 7) is 8.89. The van der Waals surface area contributed by atoms with E-state index in [-0.39, 0.29) is 12.5 Å². The number of likely N-dealkylation sites (tertiary alicyclic amines) is 1. The highest BCUT2D eigenvalue weighted by atomic mass is 19.1. The van der Waals surface area contributed by atoms with E-state index in [0.29, 0.717) is 6.42 Å². The van der Waals surface area contributed by atoms with Crippen molar-refractivity contribution < 1.29 is 8.78 Å². The van der Waals surface area contributed by atoms with E-state index in [4.69, 9.17) is 0 Å². The maximum atomic E-state index is 14.0. The largest absolute Gasteiger partial charge is 0.295 e. The fraction of sp³-hybridized carbons (Fsp3) is 0.333. The number of rotatable bonds is 6. The predicted molar refractivity (Wildman–Crippen MR) is 147 cm³/mol. The summed E-state index contributed by atoms with van der Waals surface area (Å²) in [5, 5.41) is 0. The van der Waals surface area contributed by atoms with E-state index in [9.17, 15) is 8.78 Å². The molecule has 1 saturated heterocycles. The standard InChI is InChI=1S/C33H35F2N/c1-22-18-32(23(2)16-27(22)19-25-20-36(21-25)15-7-14-34)33-30-10-5-4-8-26(30)9-6-11-31(33)29-13-12-28(35)17-24(29)3/h4-5,8,10,12-13,16-19H,6-7,9,11,14-15,20-21H2,1-3H3. The van der Waals surface area contributed by atoms with Gasteiger partial charge in [0, 0.05) is 19.6 Å². The normalized spacial score (nSPS) is 16.0. The van der Waals surface area contributed by atoms with Crippen molar-refractivity contribution in [2.45, 2.75) is 46.5 Å². The minimum atomic E-state index is -0.242. The summed E-state index contributed by atoms with van der Waals surface area (Å²) in [7, 11) is 0. The summed E-state index contributed by atoms with van der Waals surface area (Å²) >= 11 is 0. The van der Waals surface area contributed by atoms with E-state index in [1.165, 1.54) is 50.1 Å². The van der Waals surface area contributed by atoms with Gasteiger partial charge in [0.1, 0.15) is 5.82 Å². The summed E-state index contributed by atoms with van der Waals surface area (Å²) in [4.78, 5) is 2.30. The quantitative estimate of drug-likeness (QED) is 0.342. The molecule has 186 valence electrons. The predicted octanol–water partition coefficient (Wildman–Crippen LogP) is 8.10. The molecule has 0 radical (unpaired) electrons. The molecule has 3 heteroatoms. The molecule has 0 unspecified atom stereocenters. The number of allylic oxidation sites excluding steroid dienone is 1. The van der Waals surface area contributed by atoms with Crippen molar-refractivity contribution in [3.63, 3.8) is 0 Å². The van der Waals surface area contributed by atoms with Crippen molar-refractivity contribution in [2.24, 2.45) is 0 Å². The zero-order chi connectivity index (χ0) is 25.2. The van der Waals surface area contributed by atoms with Gasteiger partial charge in [0.05, 0.1) is 6.67 Å². The molecule has 3 aromatic carbocycles. The van der Waals surface area contributed by atoms with Crippen molar-refractivity contribution in [3.05, 3.63) is 110 Å². The molecule has 0 atom stereocenters. The van der Waals surface area contributed by atoms with Crippen LogP contribution in [0.15, 0.2) is 60.2 Å². The van der Waals surface area contributed by atoms with Gasteiger partial charge in [-0.2, -0.15) is 0 Å². The first-order chi connectivity index (χ1) is 17.4. The lowest BCUT2D eigenvalue weighted by Crippen LogP contribution is -2.40. The van der Waals surface area contributed by atoms with Crippen LogP contribution in [0.2, 0.25) is 0 Å². The molecule has 0 amide bonds. The zero-order valence-electron chi connectivity index (χ0n) is 21.6. The van der Waals surface area contributed by atoms with Crippen molar-refractivity contribution >= 4 is 17.2 Å². The molecule has 0 N–H and O–H groups in total. The Kier molecular flexibility index (Phi) is 7.20. The van der Waals surface area contributed by atoms with Crippen LogP contribution in [-0.4, -0.2) is 31.2 Å². The lowest BCUT2D eigenvalue weighted by molar-refractivity contribution is 0.239. The van der Waals surface area contributed by atoms with Gasteiger partial charge in [-0.05, 0) is 120 Å². The van der Waals surface area contributed by atoms with Crippen molar-refractivity contribution in [3.8, 4) is 0 Å². The van der Waals surface area contributed by atoms with Gasteiger partial charge in [-0.3, -0.25) is 9.29 Å².